The van der Waals surface area contributed by atoms with Gasteiger partial charge in [0.05, 0.1) is 35.3 Å². The molecule has 4 amide bonds. The lowest BCUT2D eigenvalue weighted by Gasteiger charge is -2.32. The van der Waals surface area contributed by atoms with Crippen LogP contribution in [0.1, 0.15) is 89.7 Å². The Labute approximate surface area is 472 Å². The summed E-state index contributed by atoms with van der Waals surface area (Å²) >= 11 is 1.66. The molecular formula is C57H86F3N13O6S. The highest BCUT2D eigenvalue weighted by Crippen LogP contribution is 2.32. The summed E-state index contributed by atoms with van der Waals surface area (Å²) in [6.07, 6.45) is 6.36. The average molecular weight is 1140 g/mol. The maximum atomic E-state index is 12.6. The Balaban J connectivity index is 0.000000210. The van der Waals surface area contributed by atoms with Crippen LogP contribution in [-0.2, 0) is 25.3 Å². The molecule has 1 aromatic heterocycles. The molecule has 4 fully saturated rings. The number of hydrogen-bond acceptors (Lipinski definition) is 14. The van der Waals surface area contributed by atoms with Crippen LogP contribution in [0.5, 0.6) is 0 Å². The third-order valence-corrected chi connectivity index (χ3v) is 14.3. The largest absolute Gasteiger partial charge is 0.450 e. The van der Waals surface area contributed by atoms with Gasteiger partial charge in [-0.15, -0.1) is 0 Å². The molecule has 0 bridgehead atoms. The molecular weight excluding hydrogens is 1050 g/mol. The molecule has 0 radical (unpaired) electrons. The van der Waals surface area contributed by atoms with Crippen molar-refractivity contribution >= 4 is 68.8 Å². The SMILES string of the molecule is CCOC(=O)N1CCC(N)CC1.CSCCC(N)C(N)=O.C[C@@H](N)C(=O)Nc1cccc2ccccc12.NC1CCN(c2cccc(C(F)(F)F)c2)CC1.NCCCN1CCCC1=O.O=c1[nH]c2ccccc2n1C1CCNCC1. The van der Waals surface area contributed by atoms with E-state index < -0.39 is 29.7 Å². The number of carbonyl (C=O) groups is 4. The average Bonchev–Trinajstić information content (AvgIpc) is 4.10. The van der Waals surface area contributed by atoms with E-state index >= 15 is 0 Å². The van der Waals surface area contributed by atoms with E-state index in [2.05, 4.69) is 15.6 Å². The molecule has 4 aliphatic heterocycles. The fraction of sp³-hybridized carbons (Fsp3) is 0.526. The van der Waals surface area contributed by atoms with Crippen LogP contribution in [0.15, 0.2) is 95.8 Å². The van der Waals surface area contributed by atoms with E-state index in [1.807, 2.05) is 94.3 Å². The summed E-state index contributed by atoms with van der Waals surface area (Å²) in [5.74, 6) is 0.609. The number of carbonyl (C=O) groups excluding carboxylic acids is 4. The number of nitrogens with zero attached hydrogens (tertiary/aromatic N) is 4. The van der Waals surface area contributed by atoms with E-state index in [1.165, 1.54) is 12.1 Å². The topological polar surface area (TPSA) is 305 Å². The number of amides is 4. The fourth-order valence-electron chi connectivity index (χ4n) is 9.03. The minimum atomic E-state index is -4.28. The third-order valence-electron chi connectivity index (χ3n) is 13.7. The van der Waals surface area contributed by atoms with Gasteiger partial charge in [-0.25, -0.2) is 9.59 Å². The summed E-state index contributed by atoms with van der Waals surface area (Å²) in [6, 6.07) is 26.9. The number of H-pyrrole nitrogens is 1. The number of nitrogens with one attached hydrogen (secondary N) is 3. The number of fused-ring (bicyclic) bond motifs is 2. The zero-order valence-corrected chi connectivity index (χ0v) is 47.5. The molecule has 4 aliphatic rings. The first-order chi connectivity index (χ1) is 38.3. The van der Waals surface area contributed by atoms with Crippen molar-refractivity contribution in [1.29, 1.82) is 0 Å². The second kappa shape index (κ2) is 34.8. The first kappa shape index (κ1) is 66.3. The standard InChI is InChI=1S/C13H14N2O.C12H15F3N2.C12H15N3O.C8H16N2O2.C7H14N2O.C5H12N2OS/c1-9(14)13(16)15-12-8-4-6-10-5-2-3-7-11(10)12;13-12(14,15)9-2-1-3-11(8-9)17-6-4-10(16)5-7-17;16-12-14-10-3-1-2-4-11(10)15(12)9-5-7-13-8-6-9;1-2-12-8(11)10-5-3-7(9)4-6-10;8-4-2-6-9-5-1-3-7(9)10;1-9-3-2-4(6)5(7)8/h2-9H,14H2,1H3,(H,15,16);1-3,8,10H,4-7,16H2;1-4,9,13H,5-8H2,(H,14,16);7H,2-6,9H2,1H3;1-6,8H2;4H,2-3,6H2,1H3,(H2,7,8)/t9-;;;;;/m1...../s1. The van der Waals surface area contributed by atoms with Crippen molar-refractivity contribution < 1.29 is 37.1 Å². The number of hydrogen-bond donors (Lipinski definition) is 9. The van der Waals surface area contributed by atoms with Gasteiger partial charge in [0.15, 0.2) is 0 Å². The molecule has 442 valence electrons. The van der Waals surface area contributed by atoms with Crippen LogP contribution in [0.4, 0.5) is 29.3 Å². The van der Waals surface area contributed by atoms with Crippen molar-refractivity contribution in [2.75, 3.05) is 87.7 Å². The number of primary amides is 1. The number of aromatic amines is 1. The van der Waals surface area contributed by atoms with E-state index in [1.54, 1.807) is 29.7 Å². The lowest BCUT2D eigenvalue weighted by atomic mass is 10.0. The number of para-hydroxylation sites is 2. The minimum absolute atomic E-state index is 0.0214. The summed E-state index contributed by atoms with van der Waals surface area (Å²) in [5, 5.41) is 8.27. The molecule has 9 rings (SSSR count). The normalized spacial score (nSPS) is 16.7. The first-order valence-corrected chi connectivity index (χ1v) is 29.0. The molecule has 23 heteroatoms. The molecule has 2 atom stereocenters. The predicted molar refractivity (Wildman–Crippen MR) is 316 cm³/mol. The van der Waals surface area contributed by atoms with Crippen LogP contribution < -0.4 is 55.6 Å². The van der Waals surface area contributed by atoms with Gasteiger partial charge in [-0.1, -0.05) is 54.6 Å². The first-order valence-electron chi connectivity index (χ1n) is 27.6. The van der Waals surface area contributed by atoms with Gasteiger partial charge >= 0.3 is 18.0 Å². The van der Waals surface area contributed by atoms with E-state index in [4.69, 9.17) is 39.1 Å². The number of imidazole rings is 1. The summed E-state index contributed by atoms with van der Waals surface area (Å²) in [7, 11) is 0. The quantitative estimate of drug-likeness (QED) is 0.0684. The molecule has 4 saturated heterocycles. The third kappa shape index (κ3) is 22.4. The second-order valence-corrected chi connectivity index (χ2v) is 20.9. The number of likely N-dealkylation sites (tertiary alicyclic amines) is 2. The number of anilines is 2. The van der Waals surface area contributed by atoms with Gasteiger partial charge in [-0.2, -0.15) is 24.9 Å². The van der Waals surface area contributed by atoms with E-state index in [-0.39, 0.29) is 29.8 Å². The number of halogens is 3. The van der Waals surface area contributed by atoms with Gasteiger partial charge in [0.1, 0.15) is 0 Å². The molecule has 5 aromatic rings. The summed E-state index contributed by atoms with van der Waals surface area (Å²) in [5.41, 5.74) is 35.3. The lowest BCUT2D eigenvalue weighted by molar-refractivity contribution is -0.137. The Morgan fingerprint density at radius 3 is 2.06 bits per heavy atom. The van der Waals surface area contributed by atoms with Crippen LogP contribution in [0.25, 0.3) is 21.8 Å². The minimum Gasteiger partial charge on any atom is -0.450 e. The van der Waals surface area contributed by atoms with Crippen LogP contribution in [-0.4, -0.2) is 145 Å². The zero-order chi connectivity index (χ0) is 58.6. The molecule has 0 spiro atoms. The highest BCUT2D eigenvalue weighted by molar-refractivity contribution is 7.98. The van der Waals surface area contributed by atoms with Gasteiger partial charge in [-0.3, -0.25) is 19.0 Å². The van der Waals surface area contributed by atoms with E-state index in [9.17, 15) is 37.1 Å². The van der Waals surface area contributed by atoms with Crippen molar-refractivity contribution in [3.05, 3.63) is 107 Å². The molecule has 80 heavy (non-hydrogen) atoms. The molecule has 5 heterocycles. The Morgan fingerprint density at radius 1 is 0.838 bits per heavy atom. The lowest BCUT2D eigenvalue weighted by Crippen LogP contribution is -2.43. The second-order valence-electron chi connectivity index (χ2n) is 19.9. The van der Waals surface area contributed by atoms with Crippen molar-refractivity contribution in [3.63, 3.8) is 0 Å². The maximum Gasteiger partial charge on any atom is 0.416 e. The highest BCUT2D eigenvalue weighted by Gasteiger charge is 2.31. The van der Waals surface area contributed by atoms with Crippen molar-refractivity contribution in [3.8, 4) is 0 Å². The van der Waals surface area contributed by atoms with Gasteiger partial charge in [0.2, 0.25) is 17.7 Å². The monoisotopic (exact) mass is 1140 g/mol. The number of thioether (sulfide) groups is 1. The summed E-state index contributed by atoms with van der Waals surface area (Å²) in [4.78, 5) is 64.3. The number of nitrogens with two attached hydrogens (primary N) is 6. The number of rotatable bonds is 12. The van der Waals surface area contributed by atoms with Crippen LogP contribution in [0, 0.1) is 0 Å². The number of piperidine rings is 3. The predicted octanol–water partition coefficient (Wildman–Crippen LogP) is 6.09. The van der Waals surface area contributed by atoms with Crippen molar-refractivity contribution in [2.24, 2.45) is 34.4 Å². The molecule has 4 aromatic carbocycles. The Kier molecular flexibility index (Phi) is 28.9. The molecule has 1 unspecified atom stereocenters. The van der Waals surface area contributed by atoms with Crippen LogP contribution in [0.3, 0.4) is 0 Å². The summed E-state index contributed by atoms with van der Waals surface area (Å²) in [6.45, 7) is 11.3. The number of benzene rings is 4. The van der Waals surface area contributed by atoms with Gasteiger partial charge < -0.3 is 69.5 Å². The van der Waals surface area contributed by atoms with Crippen molar-refractivity contribution in [2.45, 2.75) is 114 Å². The Bertz CT molecular complexity index is 2700. The number of alkyl halides is 3. The van der Waals surface area contributed by atoms with E-state index in [0.29, 0.717) is 37.2 Å². The zero-order valence-electron chi connectivity index (χ0n) is 46.6. The Hall–Kier alpha value is -6.21. The van der Waals surface area contributed by atoms with Gasteiger partial charge in [-0.05, 0) is 145 Å². The van der Waals surface area contributed by atoms with Gasteiger partial charge in [0, 0.05) is 80.6 Å². The molecule has 0 saturated carbocycles. The Morgan fingerprint density at radius 2 is 1.46 bits per heavy atom. The van der Waals surface area contributed by atoms with Crippen LogP contribution in [0.2, 0.25) is 0 Å². The highest BCUT2D eigenvalue weighted by atomic mass is 32.2. The number of ether oxygens (including phenoxy) is 1. The van der Waals surface area contributed by atoms with Crippen LogP contribution >= 0.6 is 11.8 Å². The molecule has 15 N–H and O–H groups in total. The molecule has 19 nitrogen and oxygen atoms in total. The summed E-state index contributed by atoms with van der Waals surface area (Å²) < 4.78 is 44.5. The number of aromatic nitrogens is 2. The smallest absolute Gasteiger partial charge is 0.416 e. The fourth-order valence-corrected chi connectivity index (χ4v) is 9.52. The van der Waals surface area contributed by atoms with Gasteiger partial charge in [0.25, 0.3) is 0 Å². The van der Waals surface area contributed by atoms with Crippen molar-refractivity contribution in [1.82, 2.24) is 24.7 Å². The maximum absolute atomic E-state index is 12.6. The molecule has 0 aliphatic carbocycles. The van der Waals surface area contributed by atoms with E-state index in [0.717, 1.165) is 149 Å².